The number of anilines is 1. The molecule has 18 heavy (non-hydrogen) atoms. The van der Waals surface area contributed by atoms with Gasteiger partial charge in [-0.15, -0.1) is 0 Å². The van der Waals surface area contributed by atoms with Crippen molar-refractivity contribution in [2.24, 2.45) is 0 Å². The highest BCUT2D eigenvalue weighted by atomic mass is 16.2. The molecule has 1 aromatic carbocycles. The number of carbonyl (C=O) groups excluding carboxylic acids is 1. The third-order valence-corrected chi connectivity index (χ3v) is 3.06. The molecule has 1 saturated carbocycles. The first kappa shape index (κ1) is 12.4. The fraction of sp³-hybridized carbons (Fsp3) is 0.429. The zero-order chi connectivity index (χ0) is 13.1. The fourth-order valence-electron chi connectivity index (χ4n) is 1.95. The lowest BCUT2D eigenvalue weighted by Crippen LogP contribution is -2.36. The predicted molar refractivity (Wildman–Crippen MR) is 70.3 cm³/mol. The molecule has 0 saturated heterocycles. The average Bonchev–Trinajstić information content (AvgIpc) is 3.12. The molecule has 0 aromatic heterocycles. The number of rotatable bonds is 4. The number of benzene rings is 1. The Labute approximate surface area is 107 Å². The Balaban J connectivity index is 2.01. The van der Waals surface area contributed by atoms with Crippen LogP contribution in [0.1, 0.15) is 24.0 Å². The summed E-state index contributed by atoms with van der Waals surface area (Å²) in [5.41, 5.74) is 2.64. The van der Waals surface area contributed by atoms with Crippen LogP contribution in [0.4, 0.5) is 5.69 Å². The molecule has 2 rings (SSSR count). The maximum absolute atomic E-state index is 11.7. The zero-order valence-electron chi connectivity index (χ0n) is 10.7. The van der Waals surface area contributed by atoms with Crippen LogP contribution in [0.2, 0.25) is 0 Å². The van der Waals surface area contributed by atoms with Crippen molar-refractivity contribution in [3.63, 3.8) is 0 Å². The molecule has 1 aliphatic rings. The Morgan fingerprint density at radius 3 is 2.83 bits per heavy atom. The number of likely N-dealkylation sites (N-methyl/N-ethyl adjacent to an activating group) is 1. The van der Waals surface area contributed by atoms with Crippen LogP contribution in [0, 0.1) is 18.3 Å². The molecular weight excluding hydrogens is 226 g/mol. The number of nitrogens with zero attached hydrogens (tertiary/aromatic N) is 2. The predicted octanol–water partition coefficient (Wildman–Crippen LogP) is 1.58. The molecule has 94 valence electrons. The Bertz CT molecular complexity index is 500. The van der Waals surface area contributed by atoms with E-state index in [0.29, 0.717) is 18.2 Å². The normalized spacial score (nSPS) is 13.8. The van der Waals surface area contributed by atoms with Crippen LogP contribution >= 0.6 is 0 Å². The van der Waals surface area contributed by atoms with Crippen LogP contribution < -0.4 is 10.2 Å². The minimum absolute atomic E-state index is 0.0590. The number of nitriles is 1. The van der Waals surface area contributed by atoms with Crippen molar-refractivity contribution in [1.82, 2.24) is 5.32 Å². The summed E-state index contributed by atoms with van der Waals surface area (Å²) in [4.78, 5) is 13.6. The number of aryl methyl sites for hydroxylation is 1. The van der Waals surface area contributed by atoms with Gasteiger partial charge < -0.3 is 10.2 Å². The number of nitrogens with one attached hydrogen (secondary N) is 1. The molecule has 0 heterocycles. The molecule has 0 spiro atoms. The molecular formula is C14H17N3O. The second kappa shape index (κ2) is 5.09. The van der Waals surface area contributed by atoms with Crippen molar-refractivity contribution in [2.45, 2.75) is 25.8 Å². The molecule has 1 amide bonds. The Hall–Kier alpha value is -2.02. The molecule has 1 aromatic rings. The van der Waals surface area contributed by atoms with Gasteiger partial charge in [0, 0.05) is 18.8 Å². The number of carbonyl (C=O) groups is 1. The summed E-state index contributed by atoms with van der Waals surface area (Å²) in [5.74, 6) is 0.0590. The van der Waals surface area contributed by atoms with E-state index in [9.17, 15) is 4.79 Å². The van der Waals surface area contributed by atoms with E-state index in [2.05, 4.69) is 11.4 Å². The Kier molecular flexibility index (Phi) is 3.52. The second-order valence-corrected chi connectivity index (χ2v) is 4.81. The van der Waals surface area contributed by atoms with E-state index in [1.165, 1.54) is 0 Å². The van der Waals surface area contributed by atoms with Crippen LogP contribution in [-0.4, -0.2) is 25.5 Å². The number of hydrogen-bond acceptors (Lipinski definition) is 3. The SMILES string of the molecule is Cc1cc(C#N)ccc1N(C)CC(=O)NC1CC1. The van der Waals surface area contributed by atoms with Crippen LogP contribution in [0.15, 0.2) is 18.2 Å². The third-order valence-electron chi connectivity index (χ3n) is 3.06. The first-order chi connectivity index (χ1) is 8.60. The molecule has 0 atom stereocenters. The second-order valence-electron chi connectivity index (χ2n) is 4.81. The molecule has 1 fully saturated rings. The lowest BCUT2D eigenvalue weighted by atomic mass is 10.1. The first-order valence-electron chi connectivity index (χ1n) is 6.11. The van der Waals surface area contributed by atoms with Crippen LogP contribution in [0.25, 0.3) is 0 Å². The standard InChI is InChI=1S/C14H17N3O/c1-10-7-11(8-15)3-6-13(10)17(2)9-14(18)16-12-4-5-12/h3,6-7,12H,4-5,9H2,1-2H3,(H,16,18). The topological polar surface area (TPSA) is 56.1 Å². The van der Waals surface area contributed by atoms with Crippen molar-refractivity contribution in [3.05, 3.63) is 29.3 Å². The lowest BCUT2D eigenvalue weighted by molar-refractivity contribution is -0.119. The van der Waals surface area contributed by atoms with Crippen molar-refractivity contribution in [2.75, 3.05) is 18.5 Å². The summed E-state index contributed by atoms with van der Waals surface area (Å²) in [5, 5.41) is 11.8. The van der Waals surface area contributed by atoms with Gasteiger partial charge in [0.15, 0.2) is 0 Å². The molecule has 0 bridgehead atoms. The van der Waals surface area contributed by atoms with Crippen molar-refractivity contribution in [3.8, 4) is 6.07 Å². The highest BCUT2D eigenvalue weighted by Crippen LogP contribution is 2.21. The molecule has 0 aliphatic heterocycles. The van der Waals surface area contributed by atoms with Gasteiger partial charge in [0.25, 0.3) is 0 Å². The smallest absolute Gasteiger partial charge is 0.239 e. The van der Waals surface area contributed by atoms with E-state index < -0.39 is 0 Å². The highest BCUT2D eigenvalue weighted by Gasteiger charge is 2.23. The van der Waals surface area contributed by atoms with Gasteiger partial charge in [-0.3, -0.25) is 4.79 Å². The summed E-state index contributed by atoms with van der Waals surface area (Å²) < 4.78 is 0. The molecule has 1 aliphatic carbocycles. The summed E-state index contributed by atoms with van der Waals surface area (Å²) in [7, 11) is 1.89. The molecule has 4 nitrogen and oxygen atoms in total. The first-order valence-corrected chi connectivity index (χ1v) is 6.11. The van der Waals surface area contributed by atoms with Crippen LogP contribution in [0.5, 0.6) is 0 Å². The van der Waals surface area contributed by atoms with Crippen molar-refractivity contribution < 1.29 is 4.79 Å². The van der Waals surface area contributed by atoms with E-state index in [4.69, 9.17) is 5.26 Å². The third kappa shape index (κ3) is 3.01. The Morgan fingerprint density at radius 1 is 1.56 bits per heavy atom. The number of amides is 1. The zero-order valence-corrected chi connectivity index (χ0v) is 10.7. The van der Waals surface area contributed by atoms with Gasteiger partial charge in [-0.2, -0.15) is 5.26 Å². The van der Waals surface area contributed by atoms with E-state index >= 15 is 0 Å². The van der Waals surface area contributed by atoms with Gasteiger partial charge in [0.2, 0.25) is 5.91 Å². The van der Waals surface area contributed by atoms with Gasteiger partial charge in [-0.25, -0.2) is 0 Å². The van der Waals surface area contributed by atoms with Gasteiger partial charge in [-0.05, 0) is 43.5 Å². The van der Waals surface area contributed by atoms with Crippen molar-refractivity contribution in [1.29, 1.82) is 5.26 Å². The van der Waals surface area contributed by atoms with Crippen LogP contribution in [-0.2, 0) is 4.79 Å². The minimum Gasteiger partial charge on any atom is -0.365 e. The Morgan fingerprint density at radius 2 is 2.28 bits per heavy atom. The minimum atomic E-state index is 0.0590. The number of hydrogen-bond donors (Lipinski definition) is 1. The lowest BCUT2D eigenvalue weighted by Gasteiger charge is -2.21. The maximum atomic E-state index is 11.7. The average molecular weight is 243 g/mol. The van der Waals surface area contributed by atoms with Crippen molar-refractivity contribution >= 4 is 11.6 Å². The summed E-state index contributed by atoms with van der Waals surface area (Å²) >= 11 is 0. The van der Waals surface area contributed by atoms with E-state index in [-0.39, 0.29) is 5.91 Å². The van der Waals surface area contributed by atoms with Gasteiger partial charge >= 0.3 is 0 Å². The molecule has 4 heteroatoms. The van der Waals surface area contributed by atoms with Crippen LogP contribution in [0.3, 0.4) is 0 Å². The monoisotopic (exact) mass is 243 g/mol. The summed E-state index contributed by atoms with van der Waals surface area (Å²) in [6.45, 7) is 2.30. The fourth-order valence-corrected chi connectivity index (χ4v) is 1.95. The molecule has 0 unspecified atom stereocenters. The summed E-state index contributed by atoms with van der Waals surface area (Å²) in [6, 6.07) is 8.01. The summed E-state index contributed by atoms with van der Waals surface area (Å²) in [6.07, 6.45) is 2.21. The highest BCUT2D eigenvalue weighted by molar-refractivity contribution is 5.82. The maximum Gasteiger partial charge on any atom is 0.239 e. The van der Waals surface area contributed by atoms with Gasteiger partial charge in [0.05, 0.1) is 18.2 Å². The van der Waals surface area contributed by atoms with E-state index in [0.717, 1.165) is 24.1 Å². The van der Waals surface area contributed by atoms with E-state index in [1.807, 2.05) is 31.0 Å². The van der Waals surface area contributed by atoms with E-state index in [1.54, 1.807) is 6.07 Å². The van der Waals surface area contributed by atoms with Gasteiger partial charge in [-0.1, -0.05) is 0 Å². The molecule has 1 N–H and O–H groups in total. The quantitative estimate of drug-likeness (QED) is 0.873. The largest absolute Gasteiger partial charge is 0.365 e. The van der Waals surface area contributed by atoms with Gasteiger partial charge in [0.1, 0.15) is 0 Å². The molecule has 0 radical (unpaired) electrons.